The predicted molar refractivity (Wildman–Crippen MR) is 123 cm³/mol. The lowest BCUT2D eigenvalue weighted by Gasteiger charge is -2.18. The average molecular weight is 445 g/mol. The van der Waals surface area contributed by atoms with E-state index in [4.69, 9.17) is 9.47 Å². The van der Waals surface area contributed by atoms with E-state index in [0.717, 1.165) is 6.42 Å². The van der Waals surface area contributed by atoms with Gasteiger partial charge in [0.1, 0.15) is 11.8 Å². The third-order valence-corrected chi connectivity index (χ3v) is 4.84. The van der Waals surface area contributed by atoms with Crippen LogP contribution in [0, 0.1) is 0 Å². The van der Waals surface area contributed by atoms with Gasteiger partial charge in [0.25, 0.3) is 5.91 Å². The second-order valence-electron chi connectivity index (χ2n) is 6.71. The van der Waals surface area contributed by atoms with E-state index < -0.39 is 12.0 Å². The van der Waals surface area contributed by atoms with Crippen LogP contribution in [0.1, 0.15) is 30.1 Å². The van der Waals surface area contributed by atoms with Gasteiger partial charge < -0.3 is 20.1 Å². The minimum Gasteiger partial charge on any atom is -0.484 e. The fourth-order valence-corrected chi connectivity index (χ4v) is 3.07. The number of hydrogen-bond donors (Lipinski definition) is 2. The molecule has 0 aliphatic rings. The number of carbonyl (C=O) groups is 3. The Hall–Kier alpha value is -3.00. The molecule has 2 rings (SSSR count). The summed E-state index contributed by atoms with van der Waals surface area (Å²) in [4.78, 5) is 36.9. The molecule has 1 atom stereocenters. The number of anilines is 1. The van der Waals surface area contributed by atoms with Gasteiger partial charge in [-0.1, -0.05) is 25.1 Å². The Labute approximate surface area is 186 Å². The number of nitrogens with one attached hydrogen (secondary N) is 2. The first-order chi connectivity index (χ1) is 15.0. The van der Waals surface area contributed by atoms with Crippen molar-refractivity contribution in [2.45, 2.75) is 25.8 Å². The normalized spacial score (nSPS) is 11.3. The minimum absolute atomic E-state index is 0.179. The van der Waals surface area contributed by atoms with Gasteiger partial charge in [0, 0.05) is 5.69 Å². The zero-order valence-corrected chi connectivity index (χ0v) is 18.6. The van der Waals surface area contributed by atoms with Crippen molar-refractivity contribution in [1.29, 1.82) is 0 Å². The first-order valence-corrected chi connectivity index (χ1v) is 11.5. The monoisotopic (exact) mass is 444 g/mol. The molecule has 0 aliphatic carbocycles. The van der Waals surface area contributed by atoms with Crippen LogP contribution in [0.3, 0.4) is 0 Å². The van der Waals surface area contributed by atoms with Gasteiger partial charge in [-0.2, -0.15) is 11.8 Å². The molecule has 0 radical (unpaired) electrons. The van der Waals surface area contributed by atoms with Crippen molar-refractivity contribution in [3.05, 3.63) is 60.2 Å². The quantitative estimate of drug-likeness (QED) is 0.487. The van der Waals surface area contributed by atoms with Crippen molar-refractivity contribution in [2.75, 3.05) is 30.5 Å². The van der Waals surface area contributed by atoms with E-state index in [2.05, 4.69) is 10.6 Å². The number of rotatable bonds is 12. The van der Waals surface area contributed by atoms with Gasteiger partial charge in [-0.05, 0) is 61.2 Å². The molecule has 0 bridgehead atoms. The number of thioether (sulfide) groups is 1. The van der Waals surface area contributed by atoms with E-state index in [1.54, 1.807) is 48.2 Å². The molecule has 0 saturated carbocycles. The van der Waals surface area contributed by atoms with Crippen LogP contribution in [0.4, 0.5) is 5.69 Å². The Morgan fingerprint density at radius 1 is 1.03 bits per heavy atom. The van der Waals surface area contributed by atoms with E-state index in [1.165, 1.54) is 0 Å². The lowest BCUT2D eigenvalue weighted by Crippen LogP contribution is -2.45. The molecule has 0 saturated heterocycles. The summed E-state index contributed by atoms with van der Waals surface area (Å²) in [6.45, 7) is 2.11. The maximum atomic E-state index is 12.7. The molecule has 0 heterocycles. The van der Waals surface area contributed by atoms with Gasteiger partial charge in [-0.25, -0.2) is 4.79 Å². The number of carbonyl (C=O) groups excluding carboxylic acids is 3. The van der Waals surface area contributed by atoms with Crippen molar-refractivity contribution in [3.8, 4) is 5.75 Å². The van der Waals surface area contributed by atoms with Crippen LogP contribution < -0.4 is 15.4 Å². The Morgan fingerprint density at radius 3 is 2.39 bits per heavy atom. The summed E-state index contributed by atoms with van der Waals surface area (Å²) in [6, 6.07) is 14.8. The smallest absolute Gasteiger partial charge is 0.338 e. The van der Waals surface area contributed by atoms with Gasteiger partial charge in [0.2, 0.25) is 5.91 Å². The van der Waals surface area contributed by atoms with Crippen LogP contribution in [0.25, 0.3) is 0 Å². The van der Waals surface area contributed by atoms with E-state index in [0.29, 0.717) is 35.8 Å². The van der Waals surface area contributed by atoms with Crippen molar-refractivity contribution < 1.29 is 23.9 Å². The van der Waals surface area contributed by atoms with Gasteiger partial charge in [0.15, 0.2) is 6.61 Å². The molecule has 2 N–H and O–H groups in total. The summed E-state index contributed by atoms with van der Waals surface area (Å²) in [7, 11) is 0. The third-order valence-electron chi connectivity index (χ3n) is 4.20. The summed E-state index contributed by atoms with van der Waals surface area (Å²) >= 11 is 1.59. The molecule has 0 spiro atoms. The molecular weight excluding hydrogens is 416 g/mol. The Bertz CT molecular complexity index is 843. The number of amides is 2. The average Bonchev–Trinajstić information content (AvgIpc) is 2.79. The highest BCUT2D eigenvalue weighted by Crippen LogP contribution is 2.13. The number of benzene rings is 2. The van der Waals surface area contributed by atoms with Crippen molar-refractivity contribution in [3.63, 3.8) is 0 Å². The zero-order valence-electron chi connectivity index (χ0n) is 17.8. The third kappa shape index (κ3) is 8.72. The summed E-state index contributed by atoms with van der Waals surface area (Å²) in [5, 5.41) is 5.51. The molecule has 31 heavy (non-hydrogen) atoms. The fourth-order valence-electron chi connectivity index (χ4n) is 2.60. The van der Waals surface area contributed by atoms with Crippen molar-refractivity contribution in [2.24, 2.45) is 0 Å². The van der Waals surface area contributed by atoms with E-state index >= 15 is 0 Å². The topological polar surface area (TPSA) is 93.7 Å². The van der Waals surface area contributed by atoms with Crippen LogP contribution in [0.2, 0.25) is 0 Å². The lowest BCUT2D eigenvalue weighted by atomic mass is 10.1. The van der Waals surface area contributed by atoms with E-state index in [1.807, 2.05) is 31.4 Å². The highest BCUT2D eigenvalue weighted by atomic mass is 32.2. The number of esters is 1. The highest BCUT2D eigenvalue weighted by molar-refractivity contribution is 7.98. The van der Waals surface area contributed by atoms with E-state index in [-0.39, 0.29) is 18.4 Å². The molecule has 2 aromatic rings. The van der Waals surface area contributed by atoms with Crippen molar-refractivity contribution in [1.82, 2.24) is 5.32 Å². The SMILES string of the molecule is CCCOC(=O)c1ccc(NC(=O)C(CCSC)NC(=O)COc2ccccc2)cc1. The second kappa shape index (κ2) is 13.3. The molecule has 7 nitrogen and oxygen atoms in total. The first kappa shape index (κ1) is 24.3. The zero-order chi connectivity index (χ0) is 22.5. The second-order valence-corrected chi connectivity index (χ2v) is 7.69. The molecule has 0 fully saturated rings. The van der Waals surface area contributed by atoms with Gasteiger partial charge in [-0.15, -0.1) is 0 Å². The van der Waals surface area contributed by atoms with Gasteiger partial charge in [-0.3, -0.25) is 9.59 Å². The van der Waals surface area contributed by atoms with Crippen LogP contribution in [0.15, 0.2) is 54.6 Å². The summed E-state index contributed by atoms with van der Waals surface area (Å²) < 4.78 is 10.5. The number of para-hydroxylation sites is 1. The van der Waals surface area contributed by atoms with Gasteiger partial charge >= 0.3 is 5.97 Å². The van der Waals surface area contributed by atoms with Crippen LogP contribution in [0.5, 0.6) is 5.75 Å². The van der Waals surface area contributed by atoms with E-state index in [9.17, 15) is 14.4 Å². The minimum atomic E-state index is -0.700. The fraction of sp³-hybridized carbons (Fsp3) is 0.348. The predicted octanol–water partition coefficient (Wildman–Crippen LogP) is 3.51. The maximum absolute atomic E-state index is 12.7. The standard InChI is InChI=1S/C23H28N2O5S/c1-3-14-29-23(28)17-9-11-18(12-10-17)24-22(27)20(13-15-31-2)25-21(26)16-30-19-7-5-4-6-8-19/h4-12,20H,3,13-16H2,1-2H3,(H,24,27)(H,25,26). The Balaban J connectivity index is 1.92. The molecule has 0 aliphatic heterocycles. The molecule has 2 amide bonds. The molecule has 2 aromatic carbocycles. The summed E-state index contributed by atoms with van der Waals surface area (Å²) in [5.41, 5.74) is 0.942. The van der Waals surface area contributed by atoms with Crippen LogP contribution in [-0.2, 0) is 14.3 Å². The largest absolute Gasteiger partial charge is 0.484 e. The number of ether oxygens (including phenoxy) is 2. The lowest BCUT2D eigenvalue weighted by molar-refractivity contribution is -0.127. The molecular formula is C23H28N2O5S. The number of hydrogen-bond acceptors (Lipinski definition) is 6. The molecule has 8 heteroatoms. The Morgan fingerprint density at radius 2 is 1.74 bits per heavy atom. The first-order valence-electron chi connectivity index (χ1n) is 10.1. The van der Waals surface area contributed by atoms with Gasteiger partial charge in [0.05, 0.1) is 12.2 Å². The Kier molecular flexibility index (Phi) is 10.4. The van der Waals surface area contributed by atoms with Crippen LogP contribution in [-0.4, -0.2) is 49.0 Å². The summed E-state index contributed by atoms with van der Waals surface area (Å²) in [6.07, 6.45) is 3.16. The molecule has 0 aromatic heterocycles. The molecule has 166 valence electrons. The maximum Gasteiger partial charge on any atom is 0.338 e. The highest BCUT2D eigenvalue weighted by Gasteiger charge is 2.21. The summed E-state index contributed by atoms with van der Waals surface area (Å²) in [5.74, 6) is 0.186. The molecule has 1 unspecified atom stereocenters. The van der Waals surface area contributed by atoms with Crippen molar-refractivity contribution >= 4 is 35.2 Å². The van der Waals surface area contributed by atoms with Crippen LogP contribution >= 0.6 is 11.8 Å².